The molecule has 5 nitrogen and oxygen atoms in total. The zero-order valence-corrected chi connectivity index (χ0v) is 13.1. The number of fused-ring (bicyclic) bond motifs is 1. The number of esters is 1. The summed E-state index contributed by atoms with van der Waals surface area (Å²) < 4.78 is 10.3. The zero-order valence-electron chi connectivity index (χ0n) is 13.1. The quantitative estimate of drug-likeness (QED) is 0.589. The first-order valence-corrected chi connectivity index (χ1v) is 7.60. The molecule has 3 aromatic rings. The van der Waals surface area contributed by atoms with Crippen LogP contribution < -0.4 is 5.63 Å². The Balaban J connectivity index is 2.08. The minimum atomic E-state index is -0.620. The number of benzene rings is 2. The van der Waals surface area contributed by atoms with E-state index in [1.165, 1.54) is 0 Å². The van der Waals surface area contributed by atoms with Crippen LogP contribution in [0.5, 0.6) is 5.75 Å². The molecule has 0 aliphatic heterocycles. The van der Waals surface area contributed by atoms with E-state index in [2.05, 4.69) is 0 Å². The second-order valence-corrected chi connectivity index (χ2v) is 5.27. The van der Waals surface area contributed by atoms with Crippen molar-refractivity contribution in [1.82, 2.24) is 0 Å². The number of hydrogen-bond donors (Lipinski definition) is 1. The van der Waals surface area contributed by atoms with Gasteiger partial charge in [0.15, 0.2) is 0 Å². The smallest absolute Gasteiger partial charge is 0.343 e. The molecule has 0 aliphatic carbocycles. The maximum Gasteiger partial charge on any atom is 0.343 e. The molecule has 0 amide bonds. The standard InChI is InChI=1S/C19H16O5/c1-2-23-18(21)13-8-4-3-7-12(13)11-15-17(20)14-9-5-6-10-16(14)24-19(15)22/h3-10,20H,2,11H2,1H3. The Labute approximate surface area is 138 Å². The fourth-order valence-electron chi connectivity index (χ4n) is 2.60. The molecule has 0 spiro atoms. The van der Waals surface area contributed by atoms with Crippen LogP contribution in [0.1, 0.15) is 28.4 Å². The highest BCUT2D eigenvalue weighted by atomic mass is 16.5. The highest BCUT2D eigenvalue weighted by Crippen LogP contribution is 2.28. The highest BCUT2D eigenvalue weighted by Gasteiger charge is 2.18. The molecule has 0 bridgehead atoms. The van der Waals surface area contributed by atoms with Crippen molar-refractivity contribution in [2.45, 2.75) is 13.3 Å². The molecule has 0 atom stereocenters. The molecular formula is C19H16O5. The first kappa shape index (κ1) is 15.8. The topological polar surface area (TPSA) is 76.7 Å². The first-order valence-electron chi connectivity index (χ1n) is 7.60. The molecule has 122 valence electrons. The Hall–Kier alpha value is -3.08. The molecule has 2 aromatic carbocycles. The van der Waals surface area contributed by atoms with Crippen LogP contribution in [0.3, 0.4) is 0 Å². The second-order valence-electron chi connectivity index (χ2n) is 5.27. The maximum atomic E-state index is 12.2. The van der Waals surface area contributed by atoms with Gasteiger partial charge in [0.1, 0.15) is 11.3 Å². The van der Waals surface area contributed by atoms with E-state index in [4.69, 9.17) is 9.15 Å². The fourth-order valence-corrected chi connectivity index (χ4v) is 2.60. The minimum absolute atomic E-state index is 0.0774. The molecule has 24 heavy (non-hydrogen) atoms. The zero-order chi connectivity index (χ0) is 17.1. The number of rotatable bonds is 4. The lowest BCUT2D eigenvalue weighted by Crippen LogP contribution is -2.12. The highest BCUT2D eigenvalue weighted by molar-refractivity contribution is 5.91. The summed E-state index contributed by atoms with van der Waals surface area (Å²) in [7, 11) is 0. The van der Waals surface area contributed by atoms with Crippen molar-refractivity contribution in [2.24, 2.45) is 0 Å². The number of aromatic hydroxyl groups is 1. The van der Waals surface area contributed by atoms with Crippen LogP contribution in [-0.4, -0.2) is 17.7 Å². The average molecular weight is 324 g/mol. The summed E-state index contributed by atoms with van der Waals surface area (Å²) in [6.07, 6.45) is 0.0774. The normalized spacial score (nSPS) is 10.7. The Morgan fingerprint density at radius 2 is 1.83 bits per heavy atom. The number of hydrogen-bond acceptors (Lipinski definition) is 5. The van der Waals surface area contributed by atoms with Crippen molar-refractivity contribution >= 4 is 16.9 Å². The van der Waals surface area contributed by atoms with Gasteiger partial charge in [0, 0.05) is 6.42 Å². The molecule has 0 fully saturated rings. The van der Waals surface area contributed by atoms with E-state index in [0.717, 1.165) is 0 Å². The fraction of sp³-hybridized carbons (Fsp3) is 0.158. The second kappa shape index (κ2) is 6.58. The van der Waals surface area contributed by atoms with Gasteiger partial charge in [0.05, 0.1) is 23.1 Å². The van der Waals surface area contributed by atoms with Gasteiger partial charge in [0.2, 0.25) is 0 Å². The Morgan fingerprint density at radius 1 is 1.12 bits per heavy atom. The van der Waals surface area contributed by atoms with Crippen molar-refractivity contribution in [3.63, 3.8) is 0 Å². The summed E-state index contributed by atoms with van der Waals surface area (Å²) in [5.41, 5.74) is 0.776. The third-order valence-corrected chi connectivity index (χ3v) is 3.76. The van der Waals surface area contributed by atoms with Gasteiger partial charge in [-0.1, -0.05) is 30.3 Å². The summed E-state index contributed by atoms with van der Waals surface area (Å²) in [5.74, 6) is -0.585. The SMILES string of the molecule is CCOC(=O)c1ccccc1Cc1c(O)c2ccccc2oc1=O. The van der Waals surface area contributed by atoms with Crippen molar-refractivity contribution in [1.29, 1.82) is 0 Å². The van der Waals surface area contributed by atoms with Crippen molar-refractivity contribution in [2.75, 3.05) is 6.61 Å². The van der Waals surface area contributed by atoms with Crippen molar-refractivity contribution in [3.05, 3.63) is 75.6 Å². The first-order chi connectivity index (χ1) is 11.6. The molecular weight excluding hydrogens is 308 g/mol. The van der Waals surface area contributed by atoms with E-state index in [1.54, 1.807) is 55.5 Å². The lowest BCUT2D eigenvalue weighted by molar-refractivity contribution is 0.0525. The molecule has 0 radical (unpaired) electrons. The van der Waals surface area contributed by atoms with Gasteiger partial charge in [-0.15, -0.1) is 0 Å². The van der Waals surface area contributed by atoms with Crippen molar-refractivity contribution < 1.29 is 19.1 Å². The van der Waals surface area contributed by atoms with Crippen molar-refractivity contribution in [3.8, 4) is 5.75 Å². The number of para-hydroxylation sites is 1. The molecule has 3 rings (SSSR count). The van der Waals surface area contributed by atoms with Gasteiger partial charge < -0.3 is 14.3 Å². The predicted octanol–water partition coefficient (Wildman–Crippen LogP) is 3.27. The predicted molar refractivity (Wildman–Crippen MR) is 89.4 cm³/mol. The lowest BCUT2D eigenvalue weighted by Gasteiger charge is -2.10. The lowest BCUT2D eigenvalue weighted by atomic mass is 9.99. The minimum Gasteiger partial charge on any atom is -0.507 e. The third kappa shape index (κ3) is 2.88. The van der Waals surface area contributed by atoms with Gasteiger partial charge in [-0.05, 0) is 30.7 Å². The molecule has 1 N–H and O–H groups in total. The van der Waals surface area contributed by atoms with Gasteiger partial charge >= 0.3 is 11.6 Å². The molecule has 0 aliphatic rings. The van der Waals surface area contributed by atoms with E-state index in [0.29, 0.717) is 22.1 Å². The Bertz CT molecular complexity index is 955. The van der Waals surface area contributed by atoms with Crippen LogP contribution >= 0.6 is 0 Å². The van der Waals surface area contributed by atoms with Gasteiger partial charge in [-0.2, -0.15) is 0 Å². The Kier molecular flexibility index (Phi) is 4.33. The summed E-state index contributed by atoms with van der Waals surface area (Å²) in [5, 5.41) is 10.9. The van der Waals surface area contributed by atoms with Crippen LogP contribution in [0.2, 0.25) is 0 Å². The summed E-state index contributed by atoms with van der Waals surface area (Å²) >= 11 is 0. The van der Waals surface area contributed by atoms with Gasteiger partial charge in [0.25, 0.3) is 0 Å². The molecule has 1 heterocycles. The van der Waals surface area contributed by atoms with Crippen LogP contribution in [0.25, 0.3) is 11.0 Å². The van der Waals surface area contributed by atoms with Crippen LogP contribution in [0.15, 0.2) is 57.7 Å². The van der Waals surface area contributed by atoms with Gasteiger partial charge in [-0.3, -0.25) is 0 Å². The number of ether oxygens (including phenoxy) is 1. The van der Waals surface area contributed by atoms with E-state index >= 15 is 0 Å². The average Bonchev–Trinajstić information content (AvgIpc) is 2.59. The third-order valence-electron chi connectivity index (χ3n) is 3.76. The van der Waals surface area contributed by atoms with Crippen LogP contribution in [0, 0.1) is 0 Å². The molecule has 0 unspecified atom stereocenters. The summed E-state index contributed by atoms with van der Waals surface area (Å²) in [4.78, 5) is 24.3. The van der Waals surface area contributed by atoms with E-state index in [9.17, 15) is 14.7 Å². The van der Waals surface area contributed by atoms with E-state index in [-0.39, 0.29) is 24.3 Å². The molecule has 0 saturated heterocycles. The monoisotopic (exact) mass is 324 g/mol. The van der Waals surface area contributed by atoms with Gasteiger partial charge in [-0.25, -0.2) is 9.59 Å². The van der Waals surface area contributed by atoms with Crippen LogP contribution in [-0.2, 0) is 11.2 Å². The maximum absolute atomic E-state index is 12.2. The molecule has 5 heteroatoms. The van der Waals surface area contributed by atoms with E-state index < -0.39 is 11.6 Å². The van der Waals surface area contributed by atoms with E-state index in [1.807, 2.05) is 0 Å². The summed E-state index contributed by atoms with van der Waals surface area (Å²) in [6.45, 7) is 1.99. The molecule has 1 aromatic heterocycles. The summed E-state index contributed by atoms with van der Waals surface area (Å²) in [6, 6.07) is 13.6. The van der Waals surface area contributed by atoms with Crippen LogP contribution in [0.4, 0.5) is 0 Å². The Morgan fingerprint density at radius 3 is 2.62 bits per heavy atom. The number of carbonyl (C=O) groups is 1. The largest absolute Gasteiger partial charge is 0.507 e. The molecule has 0 saturated carbocycles. The number of carbonyl (C=O) groups excluding carboxylic acids is 1.